The summed E-state index contributed by atoms with van der Waals surface area (Å²) < 4.78 is 10.8. The number of amides is 1. The summed E-state index contributed by atoms with van der Waals surface area (Å²) in [5.74, 6) is -0.461. The van der Waals surface area contributed by atoms with E-state index in [0.29, 0.717) is 12.0 Å². The van der Waals surface area contributed by atoms with Gasteiger partial charge in [0, 0.05) is 28.0 Å². The van der Waals surface area contributed by atoms with Gasteiger partial charge in [-0.1, -0.05) is 6.58 Å². The molecule has 0 saturated carbocycles. The first kappa shape index (κ1) is 19.3. The van der Waals surface area contributed by atoms with Crippen LogP contribution < -0.4 is 0 Å². The van der Waals surface area contributed by atoms with Crippen molar-refractivity contribution in [1.82, 2.24) is 4.90 Å². The Morgan fingerprint density at radius 1 is 1.35 bits per heavy atom. The molecule has 0 aromatic heterocycles. The van der Waals surface area contributed by atoms with E-state index < -0.39 is 5.97 Å². The minimum Gasteiger partial charge on any atom is -0.462 e. The van der Waals surface area contributed by atoms with E-state index in [4.69, 9.17) is 9.47 Å². The Hall–Kier alpha value is -1.50. The van der Waals surface area contributed by atoms with E-state index in [0.717, 1.165) is 6.42 Å². The van der Waals surface area contributed by atoms with Crippen LogP contribution in [0.3, 0.4) is 0 Å². The highest BCUT2D eigenvalue weighted by atomic mass is 32.2. The maximum Gasteiger partial charge on any atom is 0.333 e. The summed E-state index contributed by atoms with van der Waals surface area (Å²) >= 11 is 1.80. The maximum absolute atomic E-state index is 12.7. The molecule has 3 fully saturated rings. The third-order valence-corrected chi connectivity index (χ3v) is 6.94. The van der Waals surface area contributed by atoms with Crippen LogP contribution in [-0.4, -0.2) is 57.5 Å². The number of carbonyl (C=O) groups excluding carboxylic acids is 3. The summed E-state index contributed by atoms with van der Waals surface area (Å²) in [7, 11) is 0. The molecule has 0 aromatic rings. The molecule has 0 aromatic carbocycles. The monoisotopic (exact) mass is 381 g/mol. The highest BCUT2D eigenvalue weighted by Crippen LogP contribution is 2.58. The van der Waals surface area contributed by atoms with Gasteiger partial charge in [0.1, 0.15) is 6.10 Å². The number of fused-ring (bicyclic) bond motifs is 1. The van der Waals surface area contributed by atoms with E-state index in [9.17, 15) is 14.4 Å². The normalized spacial score (nSPS) is 32.1. The van der Waals surface area contributed by atoms with E-state index in [1.165, 1.54) is 0 Å². The highest BCUT2D eigenvalue weighted by molar-refractivity contribution is 8.01. The van der Waals surface area contributed by atoms with Gasteiger partial charge in [0.2, 0.25) is 5.91 Å². The molecule has 0 aliphatic carbocycles. The van der Waals surface area contributed by atoms with Gasteiger partial charge >= 0.3 is 11.9 Å². The smallest absolute Gasteiger partial charge is 0.333 e. The van der Waals surface area contributed by atoms with Gasteiger partial charge in [-0.3, -0.25) is 9.59 Å². The lowest BCUT2D eigenvalue weighted by atomic mass is 9.87. The average molecular weight is 381 g/mol. The standard InChI is InChI=1S/C19H27NO5S/c1-10(2)18(23)24-8-6-7-13(21)25-15-12-9-11-16(26-12)14(15)20(17(11)22)19(3,4)5/h11-12,14-16H,1,6-9H2,2-5H3. The van der Waals surface area contributed by atoms with Crippen molar-refractivity contribution < 1.29 is 23.9 Å². The molecule has 26 heavy (non-hydrogen) atoms. The third-order valence-electron chi connectivity index (χ3n) is 5.20. The van der Waals surface area contributed by atoms with E-state index in [1.807, 2.05) is 25.7 Å². The molecule has 6 nitrogen and oxygen atoms in total. The molecule has 7 heteroatoms. The Kier molecular flexibility index (Phi) is 5.12. The summed E-state index contributed by atoms with van der Waals surface area (Å²) in [5, 5.41) is 0.442. The molecule has 3 aliphatic rings. The second-order valence-corrected chi connectivity index (χ2v) is 9.75. The quantitative estimate of drug-likeness (QED) is 0.399. The van der Waals surface area contributed by atoms with E-state index in [2.05, 4.69) is 6.58 Å². The molecule has 3 heterocycles. The Morgan fingerprint density at radius 3 is 2.65 bits per heavy atom. The molecule has 0 spiro atoms. The van der Waals surface area contributed by atoms with Crippen molar-refractivity contribution in [3.63, 3.8) is 0 Å². The van der Waals surface area contributed by atoms with Gasteiger partial charge in [0.25, 0.3) is 0 Å². The molecule has 0 radical (unpaired) electrons. The summed E-state index contributed by atoms with van der Waals surface area (Å²) in [4.78, 5) is 38.3. The summed E-state index contributed by atoms with van der Waals surface area (Å²) in [6.45, 7) is 11.4. The molecule has 2 bridgehead atoms. The molecule has 1 amide bonds. The number of nitrogens with zero attached hydrogens (tertiary/aromatic N) is 1. The van der Waals surface area contributed by atoms with Crippen LogP contribution in [0.5, 0.6) is 0 Å². The topological polar surface area (TPSA) is 72.9 Å². The fourth-order valence-electron chi connectivity index (χ4n) is 4.17. The first-order valence-corrected chi connectivity index (χ1v) is 10.1. The number of hydrogen-bond donors (Lipinski definition) is 0. The molecular formula is C19H27NO5S. The highest BCUT2D eigenvalue weighted by Gasteiger charge is 2.66. The predicted molar refractivity (Wildman–Crippen MR) is 98.5 cm³/mol. The minimum atomic E-state index is -0.445. The van der Waals surface area contributed by atoms with Crippen LogP contribution in [0.15, 0.2) is 12.2 Å². The first-order valence-electron chi connectivity index (χ1n) is 9.12. The predicted octanol–water partition coefficient (Wildman–Crippen LogP) is 2.31. The zero-order chi connectivity index (χ0) is 19.2. The number of likely N-dealkylation sites (tertiary alicyclic amines) is 1. The van der Waals surface area contributed by atoms with Crippen LogP contribution in [0.1, 0.15) is 47.0 Å². The zero-order valence-electron chi connectivity index (χ0n) is 15.8. The summed E-state index contributed by atoms with van der Waals surface area (Å²) in [5.41, 5.74) is 0.0602. The van der Waals surface area contributed by atoms with Crippen molar-refractivity contribution in [2.75, 3.05) is 6.61 Å². The molecule has 3 rings (SSSR count). The van der Waals surface area contributed by atoms with Crippen molar-refractivity contribution in [2.24, 2.45) is 5.92 Å². The fraction of sp³-hybridized carbons (Fsp3) is 0.737. The molecule has 3 saturated heterocycles. The number of carbonyl (C=O) groups is 3. The molecule has 5 unspecified atom stereocenters. The van der Waals surface area contributed by atoms with Gasteiger partial charge in [-0.15, -0.1) is 11.8 Å². The number of esters is 2. The number of rotatable bonds is 6. The number of hydrogen-bond acceptors (Lipinski definition) is 6. The molecule has 144 valence electrons. The van der Waals surface area contributed by atoms with Crippen LogP contribution in [0, 0.1) is 5.92 Å². The fourth-order valence-corrected chi connectivity index (χ4v) is 6.12. The SMILES string of the molecule is C=C(C)C(=O)OCCCC(=O)OC1C2CC3C(=O)N(C(C)(C)C)C1C3S2. The molecular weight excluding hydrogens is 354 g/mol. The van der Waals surface area contributed by atoms with Gasteiger partial charge < -0.3 is 14.4 Å². The van der Waals surface area contributed by atoms with Crippen molar-refractivity contribution >= 4 is 29.6 Å². The van der Waals surface area contributed by atoms with Crippen LogP contribution in [0.2, 0.25) is 0 Å². The third kappa shape index (κ3) is 3.38. The van der Waals surface area contributed by atoms with Gasteiger partial charge in [0.15, 0.2) is 0 Å². The first-order chi connectivity index (χ1) is 12.1. The van der Waals surface area contributed by atoms with Crippen molar-refractivity contribution in [2.45, 2.75) is 75.1 Å². The van der Waals surface area contributed by atoms with Crippen molar-refractivity contribution in [1.29, 1.82) is 0 Å². The Labute approximate surface area is 158 Å². The van der Waals surface area contributed by atoms with E-state index in [-0.39, 0.29) is 59.0 Å². The second kappa shape index (κ2) is 6.91. The van der Waals surface area contributed by atoms with Crippen LogP contribution >= 0.6 is 11.8 Å². The van der Waals surface area contributed by atoms with Crippen LogP contribution in [0.25, 0.3) is 0 Å². The largest absolute Gasteiger partial charge is 0.462 e. The molecule has 5 atom stereocenters. The molecule has 0 N–H and O–H groups in total. The average Bonchev–Trinajstić information content (AvgIpc) is 3.14. The van der Waals surface area contributed by atoms with E-state index >= 15 is 0 Å². The second-order valence-electron chi connectivity index (χ2n) is 8.33. The lowest BCUT2D eigenvalue weighted by Crippen LogP contribution is -2.53. The van der Waals surface area contributed by atoms with Crippen molar-refractivity contribution in [3.8, 4) is 0 Å². The Balaban J connectivity index is 1.55. The van der Waals surface area contributed by atoms with Gasteiger partial charge in [-0.25, -0.2) is 4.79 Å². The Bertz CT molecular complexity index is 640. The minimum absolute atomic E-state index is 0.0264. The van der Waals surface area contributed by atoms with Crippen LogP contribution in [-0.2, 0) is 23.9 Å². The lowest BCUT2D eigenvalue weighted by Gasteiger charge is -2.39. The van der Waals surface area contributed by atoms with Gasteiger partial charge in [-0.2, -0.15) is 0 Å². The number of thioether (sulfide) groups is 1. The molecule has 3 aliphatic heterocycles. The number of ether oxygens (including phenoxy) is 2. The lowest BCUT2D eigenvalue weighted by molar-refractivity contribution is -0.155. The van der Waals surface area contributed by atoms with Crippen LogP contribution in [0.4, 0.5) is 0 Å². The van der Waals surface area contributed by atoms with Gasteiger partial charge in [-0.05, 0) is 40.5 Å². The van der Waals surface area contributed by atoms with Crippen molar-refractivity contribution in [3.05, 3.63) is 12.2 Å². The van der Waals surface area contributed by atoms with E-state index in [1.54, 1.807) is 18.7 Å². The Morgan fingerprint density at radius 2 is 2.04 bits per heavy atom. The van der Waals surface area contributed by atoms with Gasteiger partial charge in [0.05, 0.1) is 18.6 Å². The summed E-state index contributed by atoms with van der Waals surface area (Å²) in [6, 6.07) is -0.0264. The maximum atomic E-state index is 12.7. The zero-order valence-corrected chi connectivity index (χ0v) is 16.6. The summed E-state index contributed by atoms with van der Waals surface area (Å²) in [6.07, 6.45) is 1.17.